The van der Waals surface area contributed by atoms with E-state index in [0.717, 1.165) is 11.1 Å². The zero-order chi connectivity index (χ0) is 17.1. The number of amides is 1. The van der Waals surface area contributed by atoms with Gasteiger partial charge in [-0.15, -0.1) is 0 Å². The van der Waals surface area contributed by atoms with Gasteiger partial charge in [0.05, 0.1) is 11.0 Å². The summed E-state index contributed by atoms with van der Waals surface area (Å²) in [6, 6.07) is 9.73. The summed E-state index contributed by atoms with van der Waals surface area (Å²) >= 11 is 0. The van der Waals surface area contributed by atoms with E-state index in [1.807, 2.05) is 20.8 Å². The van der Waals surface area contributed by atoms with Crippen molar-refractivity contribution >= 4 is 11.6 Å². The van der Waals surface area contributed by atoms with Crippen LogP contribution >= 0.6 is 0 Å². The smallest absolute Gasteiger partial charge is 0.270 e. The molecule has 1 atom stereocenters. The van der Waals surface area contributed by atoms with Crippen molar-refractivity contribution in [3.63, 3.8) is 0 Å². The van der Waals surface area contributed by atoms with Gasteiger partial charge in [0, 0.05) is 17.7 Å². The maximum absolute atomic E-state index is 12.3. The minimum Gasteiger partial charge on any atom is -0.346 e. The van der Waals surface area contributed by atoms with Gasteiger partial charge in [-0.05, 0) is 56.0 Å². The van der Waals surface area contributed by atoms with Crippen molar-refractivity contribution in [3.05, 3.63) is 74.3 Å². The third-order valence-corrected chi connectivity index (χ3v) is 4.02. The molecule has 2 aromatic carbocycles. The van der Waals surface area contributed by atoms with Gasteiger partial charge in [0.2, 0.25) is 0 Å². The van der Waals surface area contributed by atoms with E-state index in [9.17, 15) is 14.9 Å². The molecule has 1 amide bonds. The SMILES string of the molecule is Cc1cc(C)c([C@@H](C)NC(=O)c2cccc([N+](=O)[O-])c2)cc1C. The van der Waals surface area contributed by atoms with E-state index in [-0.39, 0.29) is 23.2 Å². The first-order chi connectivity index (χ1) is 10.8. The van der Waals surface area contributed by atoms with Crippen LogP contribution in [-0.2, 0) is 0 Å². The van der Waals surface area contributed by atoms with E-state index in [0.29, 0.717) is 0 Å². The summed E-state index contributed by atoms with van der Waals surface area (Å²) in [5.74, 6) is -0.321. The van der Waals surface area contributed by atoms with Gasteiger partial charge in [-0.2, -0.15) is 0 Å². The number of hydrogen-bond acceptors (Lipinski definition) is 3. The van der Waals surface area contributed by atoms with Crippen LogP contribution in [0.4, 0.5) is 5.69 Å². The summed E-state index contributed by atoms with van der Waals surface area (Å²) < 4.78 is 0. The molecule has 0 aliphatic rings. The number of carbonyl (C=O) groups is 1. The van der Waals surface area contributed by atoms with Gasteiger partial charge in [0.15, 0.2) is 0 Å². The van der Waals surface area contributed by atoms with E-state index < -0.39 is 4.92 Å². The number of nitrogens with zero attached hydrogens (tertiary/aromatic N) is 1. The summed E-state index contributed by atoms with van der Waals surface area (Å²) in [6.45, 7) is 8.01. The maximum Gasteiger partial charge on any atom is 0.270 e. The van der Waals surface area contributed by atoms with E-state index in [1.165, 1.54) is 29.3 Å². The van der Waals surface area contributed by atoms with Crippen molar-refractivity contribution in [2.75, 3.05) is 0 Å². The highest BCUT2D eigenvalue weighted by Crippen LogP contribution is 2.22. The molecule has 0 fully saturated rings. The number of hydrogen-bond donors (Lipinski definition) is 1. The number of rotatable bonds is 4. The lowest BCUT2D eigenvalue weighted by Gasteiger charge is -2.18. The molecule has 0 saturated carbocycles. The van der Waals surface area contributed by atoms with Crippen LogP contribution in [0, 0.1) is 30.9 Å². The Morgan fingerprint density at radius 3 is 2.39 bits per heavy atom. The van der Waals surface area contributed by atoms with Gasteiger partial charge in [0.25, 0.3) is 11.6 Å². The highest BCUT2D eigenvalue weighted by Gasteiger charge is 2.16. The van der Waals surface area contributed by atoms with Gasteiger partial charge in [0.1, 0.15) is 0 Å². The minimum atomic E-state index is -0.506. The van der Waals surface area contributed by atoms with Crippen LogP contribution < -0.4 is 5.32 Å². The lowest BCUT2D eigenvalue weighted by Crippen LogP contribution is -2.27. The molecule has 0 aromatic heterocycles. The Hall–Kier alpha value is -2.69. The number of nitro benzene ring substituents is 1. The zero-order valence-electron chi connectivity index (χ0n) is 13.7. The molecule has 5 heteroatoms. The fourth-order valence-electron chi connectivity index (χ4n) is 2.57. The van der Waals surface area contributed by atoms with Crippen LogP contribution in [0.15, 0.2) is 36.4 Å². The summed E-state index contributed by atoms with van der Waals surface area (Å²) in [4.78, 5) is 22.6. The van der Waals surface area contributed by atoms with Crippen molar-refractivity contribution in [3.8, 4) is 0 Å². The number of nitro groups is 1. The highest BCUT2D eigenvalue weighted by atomic mass is 16.6. The van der Waals surface area contributed by atoms with Crippen molar-refractivity contribution in [2.24, 2.45) is 0 Å². The van der Waals surface area contributed by atoms with Gasteiger partial charge in [-0.25, -0.2) is 0 Å². The van der Waals surface area contributed by atoms with E-state index in [2.05, 4.69) is 24.4 Å². The largest absolute Gasteiger partial charge is 0.346 e. The number of carbonyl (C=O) groups excluding carboxylic acids is 1. The Balaban J connectivity index is 2.21. The predicted octanol–water partition coefficient (Wildman–Crippen LogP) is 4.01. The van der Waals surface area contributed by atoms with Crippen LogP contribution in [0.2, 0.25) is 0 Å². The Labute approximate surface area is 135 Å². The average molecular weight is 312 g/mol. The average Bonchev–Trinajstić information content (AvgIpc) is 2.50. The van der Waals surface area contributed by atoms with E-state index >= 15 is 0 Å². The van der Waals surface area contributed by atoms with E-state index in [1.54, 1.807) is 6.07 Å². The summed E-state index contributed by atoms with van der Waals surface area (Å²) in [5, 5.41) is 13.7. The molecule has 120 valence electrons. The lowest BCUT2D eigenvalue weighted by atomic mass is 9.96. The Kier molecular flexibility index (Phi) is 4.79. The first kappa shape index (κ1) is 16.7. The number of aryl methyl sites for hydroxylation is 3. The van der Waals surface area contributed by atoms with Crippen molar-refractivity contribution in [1.29, 1.82) is 0 Å². The molecule has 0 bridgehead atoms. The number of non-ortho nitro benzene ring substituents is 1. The van der Waals surface area contributed by atoms with Gasteiger partial charge < -0.3 is 5.32 Å². The molecule has 0 radical (unpaired) electrons. The molecule has 2 aromatic rings. The molecule has 0 spiro atoms. The Morgan fingerprint density at radius 1 is 1.09 bits per heavy atom. The molecule has 0 saturated heterocycles. The van der Waals surface area contributed by atoms with Crippen LogP contribution in [-0.4, -0.2) is 10.8 Å². The second-order valence-corrected chi connectivity index (χ2v) is 5.80. The molecule has 5 nitrogen and oxygen atoms in total. The molecule has 1 N–H and O–H groups in total. The Morgan fingerprint density at radius 2 is 1.74 bits per heavy atom. The number of nitrogens with one attached hydrogen (secondary N) is 1. The topological polar surface area (TPSA) is 72.2 Å². The standard InChI is InChI=1S/C18H20N2O3/c1-11-8-13(3)17(9-12(11)2)14(4)19-18(21)15-6-5-7-16(10-15)20(22)23/h5-10,14H,1-4H3,(H,19,21)/t14-/m1/s1. The third kappa shape index (κ3) is 3.74. The molecule has 2 rings (SSSR count). The van der Waals surface area contributed by atoms with Gasteiger partial charge >= 0.3 is 0 Å². The normalized spacial score (nSPS) is 11.8. The van der Waals surface area contributed by atoms with E-state index in [4.69, 9.17) is 0 Å². The van der Waals surface area contributed by atoms with Gasteiger partial charge in [-0.1, -0.05) is 18.2 Å². The number of benzene rings is 2. The predicted molar refractivity (Wildman–Crippen MR) is 89.6 cm³/mol. The molecular weight excluding hydrogens is 292 g/mol. The summed E-state index contributed by atoms with van der Waals surface area (Å²) in [5.41, 5.74) is 4.73. The fourth-order valence-corrected chi connectivity index (χ4v) is 2.57. The molecule has 0 aliphatic carbocycles. The van der Waals surface area contributed by atoms with Crippen molar-refractivity contribution < 1.29 is 9.72 Å². The maximum atomic E-state index is 12.3. The van der Waals surface area contributed by atoms with Crippen LogP contribution in [0.1, 0.15) is 45.6 Å². The monoisotopic (exact) mass is 312 g/mol. The minimum absolute atomic E-state index is 0.0901. The van der Waals surface area contributed by atoms with Crippen molar-refractivity contribution in [2.45, 2.75) is 33.7 Å². The van der Waals surface area contributed by atoms with Crippen molar-refractivity contribution in [1.82, 2.24) is 5.32 Å². The fraction of sp³-hybridized carbons (Fsp3) is 0.278. The molecular formula is C18H20N2O3. The highest BCUT2D eigenvalue weighted by molar-refractivity contribution is 5.95. The second-order valence-electron chi connectivity index (χ2n) is 5.80. The van der Waals surface area contributed by atoms with Crippen LogP contribution in [0.3, 0.4) is 0 Å². The first-order valence-electron chi connectivity index (χ1n) is 7.42. The second kappa shape index (κ2) is 6.60. The first-order valence-corrected chi connectivity index (χ1v) is 7.42. The van der Waals surface area contributed by atoms with Gasteiger partial charge in [-0.3, -0.25) is 14.9 Å². The third-order valence-electron chi connectivity index (χ3n) is 4.02. The lowest BCUT2D eigenvalue weighted by molar-refractivity contribution is -0.384. The summed E-state index contributed by atoms with van der Waals surface area (Å²) in [7, 11) is 0. The zero-order valence-corrected chi connectivity index (χ0v) is 13.7. The molecule has 0 unspecified atom stereocenters. The quantitative estimate of drug-likeness (QED) is 0.685. The summed E-state index contributed by atoms with van der Waals surface area (Å²) in [6.07, 6.45) is 0. The Bertz CT molecular complexity index is 769. The molecule has 0 aliphatic heterocycles. The molecule has 23 heavy (non-hydrogen) atoms. The van der Waals surface area contributed by atoms with Crippen LogP contribution in [0.25, 0.3) is 0 Å². The van der Waals surface area contributed by atoms with Crippen LogP contribution in [0.5, 0.6) is 0 Å². The molecule has 0 heterocycles.